The molecule has 0 bridgehead atoms. The van der Waals surface area contributed by atoms with E-state index >= 15 is 0 Å². The van der Waals surface area contributed by atoms with Gasteiger partial charge < -0.3 is 9.88 Å². The first-order valence-electron chi connectivity index (χ1n) is 6.84. The van der Waals surface area contributed by atoms with E-state index in [-0.39, 0.29) is 6.04 Å². The number of thiazole rings is 1. The van der Waals surface area contributed by atoms with Crippen LogP contribution in [0.2, 0.25) is 0 Å². The molecule has 0 aliphatic rings. The summed E-state index contributed by atoms with van der Waals surface area (Å²) in [5.74, 6) is 0. The van der Waals surface area contributed by atoms with Gasteiger partial charge in [-0.3, -0.25) is 0 Å². The number of nitrogens with zero attached hydrogens (tertiary/aromatic N) is 2. The molecule has 0 spiro atoms. The highest BCUT2D eigenvalue weighted by Crippen LogP contribution is 2.25. The smallest absolute Gasteiger partial charge is 0.109 e. The minimum absolute atomic E-state index is 0.285. The van der Waals surface area contributed by atoms with Gasteiger partial charge in [0.25, 0.3) is 0 Å². The lowest BCUT2D eigenvalue weighted by atomic mass is 10.1. The predicted octanol–water partition coefficient (Wildman–Crippen LogP) is 3.79. The average molecular weight is 285 g/mol. The lowest BCUT2D eigenvalue weighted by Crippen LogP contribution is -2.20. The van der Waals surface area contributed by atoms with E-state index < -0.39 is 0 Å². The van der Waals surface area contributed by atoms with E-state index in [0.29, 0.717) is 0 Å². The van der Waals surface area contributed by atoms with Crippen LogP contribution in [0.4, 0.5) is 0 Å². The van der Waals surface area contributed by atoms with Crippen LogP contribution >= 0.6 is 11.3 Å². The van der Waals surface area contributed by atoms with Crippen molar-refractivity contribution >= 4 is 22.2 Å². The van der Waals surface area contributed by atoms with Gasteiger partial charge in [-0.15, -0.1) is 11.3 Å². The summed E-state index contributed by atoms with van der Waals surface area (Å²) in [7, 11) is 2.14. The van der Waals surface area contributed by atoms with Crippen LogP contribution < -0.4 is 5.32 Å². The van der Waals surface area contributed by atoms with Gasteiger partial charge in [-0.25, -0.2) is 4.98 Å². The summed E-state index contributed by atoms with van der Waals surface area (Å²) in [5, 5.41) is 8.08. The fourth-order valence-electron chi connectivity index (χ4n) is 2.67. The minimum atomic E-state index is 0.285. The molecule has 20 heavy (non-hydrogen) atoms. The van der Waals surface area contributed by atoms with Crippen LogP contribution in [0.25, 0.3) is 10.9 Å². The third-order valence-corrected chi connectivity index (χ3v) is 4.86. The number of nitrogens with one attached hydrogen (secondary N) is 1. The molecule has 0 amide bonds. The molecule has 0 aliphatic carbocycles. The number of fused-ring (bicyclic) bond motifs is 1. The van der Waals surface area contributed by atoms with E-state index in [4.69, 9.17) is 0 Å². The second-order valence-corrected chi connectivity index (χ2v) is 6.05. The Kier molecular flexibility index (Phi) is 3.59. The Morgan fingerprint density at radius 1 is 1.35 bits per heavy atom. The molecule has 0 aliphatic heterocycles. The zero-order valence-electron chi connectivity index (χ0n) is 12.1. The van der Waals surface area contributed by atoms with E-state index in [0.717, 1.165) is 11.6 Å². The molecule has 1 aromatic carbocycles. The summed E-state index contributed by atoms with van der Waals surface area (Å²) in [4.78, 5) is 4.37. The van der Waals surface area contributed by atoms with E-state index in [1.165, 1.54) is 22.2 Å². The number of hydrogen-bond donors (Lipinski definition) is 1. The highest BCUT2D eigenvalue weighted by atomic mass is 32.1. The van der Waals surface area contributed by atoms with Crippen molar-refractivity contribution in [3.8, 4) is 0 Å². The van der Waals surface area contributed by atoms with Crippen molar-refractivity contribution in [2.24, 2.45) is 7.05 Å². The maximum absolute atomic E-state index is 4.37. The predicted molar refractivity (Wildman–Crippen MR) is 85.0 cm³/mol. The molecule has 1 N–H and O–H groups in total. The monoisotopic (exact) mass is 285 g/mol. The van der Waals surface area contributed by atoms with Gasteiger partial charge in [0.15, 0.2) is 0 Å². The first-order valence-corrected chi connectivity index (χ1v) is 7.72. The van der Waals surface area contributed by atoms with E-state index in [1.807, 2.05) is 11.6 Å². The Balaban J connectivity index is 1.84. The van der Waals surface area contributed by atoms with E-state index in [2.05, 4.69) is 60.0 Å². The number of aryl methyl sites for hydroxylation is 2. The zero-order chi connectivity index (χ0) is 14.1. The Hall–Kier alpha value is -1.65. The minimum Gasteiger partial charge on any atom is -0.346 e. The quantitative estimate of drug-likeness (QED) is 0.790. The molecule has 2 heterocycles. The maximum atomic E-state index is 4.37. The second-order valence-electron chi connectivity index (χ2n) is 5.12. The summed E-state index contributed by atoms with van der Waals surface area (Å²) in [6.07, 6.45) is 1.86. The third-order valence-electron chi connectivity index (χ3n) is 3.90. The van der Waals surface area contributed by atoms with Crippen LogP contribution in [-0.4, -0.2) is 9.55 Å². The molecule has 0 fully saturated rings. The Bertz CT molecular complexity index is 674. The molecule has 3 aromatic rings. The van der Waals surface area contributed by atoms with Gasteiger partial charge in [-0.05, 0) is 25.5 Å². The molecule has 0 saturated carbocycles. The summed E-state index contributed by atoms with van der Waals surface area (Å²) in [6.45, 7) is 5.22. The fraction of sp³-hybridized carbons (Fsp3) is 0.312. The summed E-state index contributed by atoms with van der Waals surface area (Å²) in [6, 6.07) is 8.85. The number of rotatable bonds is 4. The van der Waals surface area contributed by atoms with Crippen molar-refractivity contribution in [3.63, 3.8) is 0 Å². The van der Waals surface area contributed by atoms with Crippen LogP contribution in [0.5, 0.6) is 0 Å². The van der Waals surface area contributed by atoms with Gasteiger partial charge in [0.2, 0.25) is 0 Å². The van der Waals surface area contributed by atoms with Gasteiger partial charge in [-0.2, -0.15) is 0 Å². The maximum Gasteiger partial charge on any atom is 0.109 e. The molecule has 3 nitrogen and oxygen atoms in total. The lowest BCUT2D eigenvalue weighted by Gasteiger charge is -2.12. The second kappa shape index (κ2) is 5.38. The lowest BCUT2D eigenvalue weighted by molar-refractivity contribution is 0.555. The molecule has 1 unspecified atom stereocenters. The number of para-hydroxylation sites is 1. The number of aromatic nitrogens is 2. The van der Waals surface area contributed by atoms with E-state index in [1.54, 1.807) is 11.3 Å². The van der Waals surface area contributed by atoms with Gasteiger partial charge in [0.1, 0.15) is 5.01 Å². The van der Waals surface area contributed by atoms with Crippen molar-refractivity contribution < 1.29 is 0 Å². The topological polar surface area (TPSA) is 29.9 Å². The molecule has 104 valence electrons. The summed E-state index contributed by atoms with van der Waals surface area (Å²) < 4.78 is 2.28. The van der Waals surface area contributed by atoms with Crippen molar-refractivity contribution in [2.75, 3.05) is 0 Å². The number of hydrogen-bond acceptors (Lipinski definition) is 3. The van der Waals surface area contributed by atoms with Gasteiger partial charge in [-0.1, -0.05) is 18.2 Å². The van der Waals surface area contributed by atoms with Gasteiger partial charge in [0, 0.05) is 41.8 Å². The normalized spacial score (nSPS) is 12.9. The standard InChI is InChI=1S/C16H19N3S/c1-11-13-6-4-5-7-14(13)19(3)15(11)10-18-12(2)16-17-8-9-20-16/h4-9,12,18H,10H2,1-3H3. The molecule has 0 saturated heterocycles. The molecule has 1 atom stereocenters. The first kappa shape index (κ1) is 13.3. The first-order chi connectivity index (χ1) is 9.68. The van der Waals surface area contributed by atoms with Crippen molar-refractivity contribution in [1.82, 2.24) is 14.9 Å². The van der Waals surface area contributed by atoms with Crippen LogP contribution in [0.1, 0.15) is 29.2 Å². The summed E-state index contributed by atoms with van der Waals surface area (Å²) >= 11 is 1.70. The van der Waals surface area contributed by atoms with Crippen LogP contribution in [-0.2, 0) is 13.6 Å². The Morgan fingerprint density at radius 3 is 2.85 bits per heavy atom. The molecular formula is C16H19N3S. The van der Waals surface area contributed by atoms with Crippen LogP contribution in [0, 0.1) is 6.92 Å². The van der Waals surface area contributed by atoms with Crippen molar-refractivity contribution in [2.45, 2.75) is 26.4 Å². The third kappa shape index (κ3) is 2.25. The van der Waals surface area contributed by atoms with Crippen LogP contribution in [0.3, 0.4) is 0 Å². The van der Waals surface area contributed by atoms with Crippen LogP contribution in [0.15, 0.2) is 35.8 Å². The fourth-order valence-corrected chi connectivity index (χ4v) is 3.34. The molecular weight excluding hydrogens is 266 g/mol. The number of benzene rings is 1. The van der Waals surface area contributed by atoms with E-state index in [9.17, 15) is 0 Å². The highest BCUT2D eigenvalue weighted by Gasteiger charge is 2.13. The molecule has 4 heteroatoms. The zero-order valence-corrected chi connectivity index (χ0v) is 12.9. The highest BCUT2D eigenvalue weighted by molar-refractivity contribution is 7.09. The molecule has 0 radical (unpaired) electrons. The molecule has 2 aromatic heterocycles. The Morgan fingerprint density at radius 2 is 2.15 bits per heavy atom. The Labute approximate surface area is 123 Å². The van der Waals surface area contributed by atoms with Gasteiger partial charge >= 0.3 is 0 Å². The summed E-state index contributed by atoms with van der Waals surface area (Å²) in [5.41, 5.74) is 4.00. The average Bonchev–Trinajstić information content (AvgIpc) is 3.07. The van der Waals surface area contributed by atoms with Crippen molar-refractivity contribution in [3.05, 3.63) is 52.1 Å². The molecule has 3 rings (SSSR count). The largest absolute Gasteiger partial charge is 0.346 e. The van der Waals surface area contributed by atoms with Gasteiger partial charge in [0.05, 0.1) is 6.04 Å². The van der Waals surface area contributed by atoms with Crippen molar-refractivity contribution in [1.29, 1.82) is 0 Å². The SMILES string of the molecule is Cc1c(CNC(C)c2nccs2)n(C)c2ccccc12.